The number of hydrogen-bond acceptors (Lipinski definition) is 5. The van der Waals surface area contributed by atoms with E-state index in [2.05, 4.69) is 51.7 Å². The maximum atomic E-state index is 4.92. The number of fused-ring (bicyclic) bond motifs is 1. The van der Waals surface area contributed by atoms with Gasteiger partial charge in [0.1, 0.15) is 5.82 Å². The molecule has 4 heterocycles. The van der Waals surface area contributed by atoms with Crippen LogP contribution in [0.15, 0.2) is 61.2 Å². The zero-order chi connectivity index (χ0) is 21.2. The molecule has 0 spiro atoms. The van der Waals surface area contributed by atoms with Crippen molar-refractivity contribution >= 4 is 5.82 Å². The van der Waals surface area contributed by atoms with E-state index in [-0.39, 0.29) is 0 Å². The highest BCUT2D eigenvalue weighted by Crippen LogP contribution is 2.28. The average Bonchev–Trinajstić information content (AvgIpc) is 3.23. The van der Waals surface area contributed by atoms with Crippen molar-refractivity contribution < 1.29 is 0 Å². The number of rotatable bonds is 5. The molecule has 6 heteroatoms. The Balaban J connectivity index is 1.38. The van der Waals surface area contributed by atoms with E-state index in [1.165, 1.54) is 11.3 Å². The van der Waals surface area contributed by atoms with Gasteiger partial charge in [-0.15, -0.1) is 0 Å². The molecule has 0 saturated heterocycles. The van der Waals surface area contributed by atoms with E-state index in [0.717, 1.165) is 66.6 Å². The van der Waals surface area contributed by atoms with Crippen LogP contribution in [0.5, 0.6) is 0 Å². The summed E-state index contributed by atoms with van der Waals surface area (Å²) in [7, 11) is 0. The second-order valence-electron chi connectivity index (χ2n) is 8.06. The van der Waals surface area contributed by atoms with Gasteiger partial charge in [-0.05, 0) is 38.0 Å². The van der Waals surface area contributed by atoms with Crippen molar-refractivity contribution in [1.29, 1.82) is 0 Å². The number of benzene rings is 1. The summed E-state index contributed by atoms with van der Waals surface area (Å²) >= 11 is 0. The third-order valence-electron chi connectivity index (χ3n) is 6.06. The van der Waals surface area contributed by atoms with Crippen LogP contribution in [0, 0.1) is 13.8 Å². The van der Waals surface area contributed by atoms with Gasteiger partial charge in [0.2, 0.25) is 0 Å². The molecule has 4 aromatic rings. The molecular formula is C25H26N6. The summed E-state index contributed by atoms with van der Waals surface area (Å²) in [6, 6.07) is 14.6. The maximum absolute atomic E-state index is 4.92. The van der Waals surface area contributed by atoms with Crippen molar-refractivity contribution in [2.75, 3.05) is 11.4 Å². The molecule has 31 heavy (non-hydrogen) atoms. The molecule has 5 rings (SSSR count). The SMILES string of the molecule is Cc1nc(-c2cccnc2)nc(N2CCc3c(ncn3CCc3ccccc3)C2)c1C. The fourth-order valence-electron chi connectivity index (χ4n) is 4.18. The lowest BCUT2D eigenvalue weighted by Crippen LogP contribution is -2.33. The first-order valence-corrected chi connectivity index (χ1v) is 10.8. The quantitative estimate of drug-likeness (QED) is 0.494. The molecule has 0 atom stereocenters. The van der Waals surface area contributed by atoms with Gasteiger partial charge < -0.3 is 9.47 Å². The normalized spacial score (nSPS) is 13.3. The molecule has 0 fully saturated rings. The van der Waals surface area contributed by atoms with Gasteiger partial charge in [0.05, 0.1) is 18.6 Å². The number of pyridine rings is 1. The van der Waals surface area contributed by atoms with Crippen molar-refractivity contribution in [3.8, 4) is 11.4 Å². The second-order valence-corrected chi connectivity index (χ2v) is 8.06. The lowest BCUT2D eigenvalue weighted by molar-refractivity contribution is 0.621. The monoisotopic (exact) mass is 410 g/mol. The average molecular weight is 411 g/mol. The largest absolute Gasteiger partial charge is 0.350 e. The fourth-order valence-corrected chi connectivity index (χ4v) is 4.18. The van der Waals surface area contributed by atoms with Crippen LogP contribution in [0.4, 0.5) is 5.82 Å². The number of nitrogens with zero attached hydrogens (tertiary/aromatic N) is 6. The number of aryl methyl sites for hydroxylation is 3. The number of imidazole rings is 1. The van der Waals surface area contributed by atoms with Crippen LogP contribution in [0.1, 0.15) is 28.2 Å². The predicted molar refractivity (Wildman–Crippen MR) is 122 cm³/mol. The molecular weight excluding hydrogens is 384 g/mol. The lowest BCUT2D eigenvalue weighted by Gasteiger charge is -2.30. The summed E-state index contributed by atoms with van der Waals surface area (Å²) < 4.78 is 2.32. The van der Waals surface area contributed by atoms with Gasteiger partial charge in [0.15, 0.2) is 5.82 Å². The highest BCUT2D eigenvalue weighted by atomic mass is 15.2. The molecule has 6 nitrogen and oxygen atoms in total. The van der Waals surface area contributed by atoms with Crippen molar-refractivity contribution in [3.05, 3.63) is 89.4 Å². The fraction of sp³-hybridized carbons (Fsp3) is 0.280. The maximum Gasteiger partial charge on any atom is 0.163 e. The molecule has 0 saturated carbocycles. The van der Waals surface area contributed by atoms with Crippen molar-refractivity contribution in [2.45, 2.75) is 39.8 Å². The summed E-state index contributed by atoms with van der Waals surface area (Å²) in [6.07, 6.45) is 7.57. The van der Waals surface area contributed by atoms with Crippen molar-refractivity contribution in [1.82, 2.24) is 24.5 Å². The Kier molecular flexibility index (Phi) is 5.20. The minimum absolute atomic E-state index is 0.727. The van der Waals surface area contributed by atoms with Gasteiger partial charge in [0, 0.05) is 54.4 Å². The Morgan fingerprint density at radius 1 is 1.00 bits per heavy atom. The number of anilines is 1. The zero-order valence-corrected chi connectivity index (χ0v) is 18.0. The van der Waals surface area contributed by atoms with Crippen LogP contribution in [0.25, 0.3) is 11.4 Å². The molecule has 0 N–H and O–H groups in total. The molecule has 0 aliphatic carbocycles. The first kappa shape index (κ1) is 19.4. The van der Waals surface area contributed by atoms with E-state index in [1.54, 1.807) is 6.20 Å². The first-order valence-electron chi connectivity index (χ1n) is 10.8. The molecule has 1 aromatic carbocycles. The summed E-state index contributed by atoms with van der Waals surface area (Å²) in [6.45, 7) is 6.81. The summed E-state index contributed by atoms with van der Waals surface area (Å²) in [5.74, 6) is 1.72. The third-order valence-corrected chi connectivity index (χ3v) is 6.06. The van der Waals surface area contributed by atoms with Gasteiger partial charge >= 0.3 is 0 Å². The predicted octanol–water partition coefficient (Wildman–Crippen LogP) is 4.16. The molecule has 156 valence electrons. The molecule has 1 aliphatic heterocycles. The van der Waals surface area contributed by atoms with Gasteiger partial charge in [-0.3, -0.25) is 4.98 Å². The second kappa shape index (κ2) is 8.30. The Labute approximate surface area is 182 Å². The molecule has 0 unspecified atom stereocenters. The van der Waals surface area contributed by atoms with Crippen LogP contribution in [-0.2, 0) is 25.9 Å². The van der Waals surface area contributed by atoms with Crippen molar-refractivity contribution in [3.63, 3.8) is 0 Å². The van der Waals surface area contributed by atoms with Crippen LogP contribution >= 0.6 is 0 Å². The Bertz CT molecular complexity index is 1180. The van der Waals surface area contributed by atoms with E-state index < -0.39 is 0 Å². The van der Waals surface area contributed by atoms with E-state index in [9.17, 15) is 0 Å². The molecule has 3 aromatic heterocycles. The smallest absolute Gasteiger partial charge is 0.163 e. The molecule has 0 radical (unpaired) electrons. The zero-order valence-electron chi connectivity index (χ0n) is 18.0. The number of aromatic nitrogens is 5. The lowest BCUT2D eigenvalue weighted by atomic mass is 10.1. The van der Waals surface area contributed by atoms with Crippen LogP contribution in [0.2, 0.25) is 0 Å². The standard InChI is InChI=1S/C25H26N6/c1-18-19(2)28-24(21-9-6-12-26-15-21)29-25(18)30-14-11-23-22(16-30)27-17-31(23)13-10-20-7-4-3-5-8-20/h3-9,12,15,17H,10-11,13-14,16H2,1-2H3. The van der Waals surface area contributed by atoms with Crippen LogP contribution in [-0.4, -0.2) is 31.0 Å². The highest BCUT2D eigenvalue weighted by molar-refractivity contribution is 5.60. The van der Waals surface area contributed by atoms with Gasteiger partial charge in [-0.1, -0.05) is 30.3 Å². The summed E-state index contributed by atoms with van der Waals surface area (Å²) in [4.78, 5) is 20.9. The summed E-state index contributed by atoms with van der Waals surface area (Å²) in [5, 5.41) is 0. The van der Waals surface area contributed by atoms with Crippen molar-refractivity contribution in [2.24, 2.45) is 0 Å². The van der Waals surface area contributed by atoms with E-state index in [1.807, 2.05) is 31.6 Å². The summed E-state index contributed by atoms with van der Waals surface area (Å²) in [5.41, 5.74) is 6.93. The molecule has 0 bridgehead atoms. The third kappa shape index (κ3) is 3.93. The minimum atomic E-state index is 0.727. The van der Waals surface area contributed by atoms with Gasteiger partial charge in [-0.2, -0.15) is 0 Å². The Morgan fingerprint density at radius 2 is 1.87 bits per heavy atom. The van der Waals surface area contributed by atoms with E-state index in [4.69, 9.17) is 15.0 Å². The Hall–Kier alpha value is -3.54. The van der Waals surface area contributed by atoms with Crippen LogP contribution < -0.4 is 4.90 Å². The first-order chi connectivity index (χ1) is 15.2. The van der Waals surface area contributed by atoms with E-state index in [0.29, 0.717) is 0 Å². The topological polar surface area (TPSA) is 59.7 Å². The molecule has 1 aliphatic rings. The minimum Gasteiger partial charge on any atom is -0.350 e. The highest BCUT2D eigenvalue weighted by Gasteiger charge is 2.24. The molecule has 0 amide bonds. The van der Waals surface area contributed by atoms with Gasteiger partial charge in [0.25, 0.3) is 0 Å². The van der Waals surface area contributed by atoms with E-state index >= 15 is 0 Å². The Morgan fingerprint density at radius 3 is 2.68 bits per heavy atom. The van der Waals surface area contributed by atoms with Crippen LogP contribution in [0.3, 0.4) is 0 Å². The number of hydrogen-bond donors (Lipinski definition) is 0. The van der Waals surface area contributed by atoms with Gasteiger partial charge in [-0.25, -0.2) is 15.0 Å².